The first-order valence-corrected chi connectivity index (χ1v) is 12.2. The number of hydrogen-bond donors (Lipinski definition) is 2. The Balaban J connectivity index is 1.21. The van der Waals surface area contributed by atoms with Crippen molar-refractivity contribution in [1.82, 2.24) is 15.5 Å². The van der Waals surface area contributed by atoms with Gasteiger partial charge in [0, 0.05) is 38.6 Å². The lowest BCUT2D eigenvalue weighted by Gasteiger charge is -2.21. The van der Waals surface area contributed by atoms with Gasteiger partial charge in [0.25, 0.3) is 0 Å². The first-order valence-electron chi connectivity index (χ1n) is 12.2. The average molecular weight is 449 g/mol. The fourth-order valence-corrected chi connectivity index (χ4v) is 4.77. The summed E-state index contributed by atoms with van der Waals surface area (Å²) < 4.78 is 5.87. The average Bonchev–Trinajstić information content (AvgIpc) is 3.55. The van der Waals surface area contributed by atoms with Gasteiger partial charge in [0.05, 0.1) is 13.2 Å². The van der Waals surface area contributed by atoms with Crippen molar-refractivity contribution in [3.8, 4) is 0 Å². The molecule has 33 heavy (non-hydrogen) atoms. The molecule has 1 aliphatic carbocycles. The van der Waals surface area contributed by atoms with Crippen molar-refractivity contribution in [3.63, 3.8) is 0 Å². The highest BCUT2D eigenvalue weighted by molar-refractivity contribution is 5.81. The Morgan fingerprint density at radius 3 is 2.52 bits per heavy atom. The van der Waals surface area contributed by atoms with Gasteiger partial charge in [-0.1, -0.05) is 67.4 Å². The van der Waals surface area contributed by atoms with Crippen molar-refractivity contribution < 1.29 is 9.53 Å². The van der Waals surface area contributed by atoms with Crippen LogP contribution in [0.3, 0.4) is 0 Å². The molecule has 0 spiro atoms. The number of hydrogen-bond acceptors (Lipinski definition) is 3. The number of carbonyl (C=O) groups is 1. The van der Waals surface area contributed by atoms with E-state index in [0.717, 1.165) is 43.9 Å². The van der Waals surface area contributed by atoms with E-state index in [1.54, 1.807) is 7.05 Å². The minimum atomic E-state index is 0.249. The van der Waals surface area contributed by atoms with Gasteiger partial charge < -0.3 is 20.3 Å². The third-order valence-corrected chi connectivity index (χ3v) is 6.60. The van der Waals surface area contributed by atoms with Crippen LogP contribution in [-0.2, 0) is 29.3 Å². The van der Waals surface area contributed by atoms with Gasteiger partial charge in [-0.15, -0.1) is 0 Å². The predicted octanol–water partition coefficient (Wildman–Crippen LogP) is 3.86. The summed E-state index contributed by atoms with van der Waals surface area (Å²) in [5.41, 5.74) is 3.52. The van der Waals surface area contributed by atoms with E-state index in [1.165, 1.54) is 24.0 Å². The number of nitrogens with zero attached hydrogens (tertiary/aromatic N) is 2. The fraction of sp³-hybridized carbons (Fsp3) is 0.481. The number of benzene rings is 2. The predicted molar refractivity (Wildman–Crippen MR) is 132 cm³/mol. The SMILES string of the molecule is CN=C(NCc1cccc(COCc2ccccc2)c1)NC1CCN(C(=O)C2CCCC2)C1. The summed E-state index contributed by atoms with van der Waals surface area (Å²) in [5, 5.41) is 6.91. The zero-order valence-corrected chi connectivity index (χ0v) is 19.6. The number of rotatable bonds is 8. The summed E-state index contributed by atoms with van der Waals surface area (Å²) >= 11 is 0. The van der Waals surface area contributed by atoms with E-state index in [9.17, 15) is 4.79 Å². The number of carbonyl (C=O) groups excluding carboxylic acids is 1. The Labute approximate surface area is 197 Å². The van der Waals surface area contributed by atoms with Crippen molar-refractivity contribution in [2.75, 3.05) is 20.1 Å². The summed E-state index contributed by atoms with van der Waals surface area (Å²) in [6, 6.07) is 18.9. The highest BCUT2D eigenvalue weighted by Gasteiger charge is 2.32. The third kappa shape index (κ3) is 6.81. The van der Waals surface area contributed by atoms with Gasteiger partial charge in [-0.2, -0.15) is 0 Å². The van der Waals surface area contributed by atoms with Crippen molar-refractivity contribution >= 4 is 11.9 Å². The lowest BCUT2D eigenvalue weighted by Crippen LogP contribution is -2.45. The Bertz CT molecular complexity index is 925. The van der Waals surface area contributed by atoms with Gasteiger partial charge in [0.2, 0.25) is 5.91 Å². The first kappa shape index (κ1) is 23.3. The quantitative estimate of drug-likeness (QED) is 0.475. The molecule has 0 bridgehead atoms. The highest BCUT2D eigenvalue weighted by atomic mass is 16.5. The van der Waals surface area contributed by atoms with Crippen LogP contribution in [0.4, 0.5) is 0 Å². The molecule has 2 aliphatic rings. The molecule has 1 saturated heterocycles. The standard InChI is InChI=1S/C27H36N4O2/c1-28-27(30-25-14-15-31(18-25)26(32)24-12-5-6-13-24)29-17-22-10-7-11-23(16-22)20-33-19-21-8-3-2-4-9-21/h2-4,7-11,16,24-25H,5-6,12-15,17-20H2,1H3,(H2,28,29,30). The second-order valence-electron chi connectivity index (χ2n) is 9.12. The van der Waals surface area contributed by atoms with Gasteiger partial charge in [-0.05, 0) is 36.0 Å². The van der Waals surface area contributed by atoms with E-state index in [4.69, 9.17) is 4.74 Å². The molecule has 4 rings (SSSR count). The minimum Gasteiger partial charge on any atom is -0.372 e. The first-order chi connectivity index (χ1) is 16.2. The van der Waals surface area contributed by atoms with Crippen molar-refractivity contribution in [2.45, 2.75) is 57.9 Å². The zero-order valence-electron chi connectivity index (χ0n) is 19.6. The van der Waals surface area contributed by atoms with Gasteiger partial charge in [0.15, 0.2) is 5.96 Å². The van der Waals surface area contributed by atoms with Crippen LogP contribution in [-0.4, -0.2) is 42.9 Å². The Morgan fingerprint density at radius 2 is 1.73 bits per heavy atom. The normalized spacial score (nSPS) is 19.1. The van der Waals surface area contributed by atoms with Crippen LogP contribution in [0.1, 0.15) is 48.8 Å². The van der Waals surface area contributed by atoms with Crippen molar-refractivity contribution in [3.05, 3.63) is 71.3 Å². The topological polar surface area (TPSA) is 66.0 Å². The lowest BCUT2D eigenvalue weighted by atomic mass is 10.1. The van der Waals surface area contributed by atoms with E-state index in [2.05, 4.69) is 52.0 Å². The van der Waals surface area contributed by atoms with Crippen LogP contribution in [0, 0.1) is 5.92 Å². The molecule has 1 amide bonds. The Hall–Kier alpha value is -2.86. The van der Waals surface area contributed by atoms with Crippen LogP contribution in [0.25, 0.3) is 0 Å². The lowest BCUT2D eigenvalue weighted by molar-refractivity contribution is -0.134. The van der Waals surface area contributed by atoms with E-state index in [-0.39, 0.29) is 12.0 Å². The molecule has 2 aromatic carbocycles. The minimum absolute atomic E-state index is 0.249. The van der Waals surface area contributed by atoms with E-state index >= 15 is 0 Å². The smallest absolute Gasteiger partial charge is 0.225 e. The van der Waals surface area contributed by atoms with Gasteiger partial charge in [-0.25, -0.2) is 0 Å². The number of amides is 1. The molecule has 1 saturated carbocycles. The van der Waals surface area contributed by atoms with Crippen LogP contribution in [0.15, 0.2) is 59.6 Å². The Kier molecular flexibility index (Phi) is 8.36. The molecule has 176 valence electrons. The molecule has 0 aromatic heterocycles. The molecule has 1 aliphatic heterocycles. The zero-order chi connectivity index (χ0) is 22.9. The van der Waals surface area contributed by atoms with Gasteiger partial charge in [0.1, 0.15) is 0 Å². The number of ether oxygens (including phenoxy) is 1. The largest absolute Gasteiger partial charge is 0.372 e. The molecular formula is C27H36N4O2. The maximum absolute atomic E-state index is 12.7. The maximum atomic E-state index is 12.7. The molecule has 1 unspecified atom stereocenters. The number of likely N-dealkylation sites (tertiary alicyclic amines) is 1. The second kappa shape index (κ2) is 11.8. The van der Waals surface area contributed by atoms with Crippen molar-refractivity contribution in [1.29, 1.82) is 0 Å². The molecule has 0 radical (unpaired) electrons. The second-order valence-corrected chi connectivity index (χ2v) is 9.12. The fourth-order valence-electron chi connectivity index (χ4n) is 4.77. The summed E-state index contributed by atoms with van der Waals surface area (Å²) in [6.45, 7) is 3.49. The van der Waals surface area contributed by atoms with Crippen LogP contribution >= 0.6 is 0 Å². The van der Waals surface area contributed by atoms with Crippen LogP contribution in [0.2, 0.25) is 0 Å². The Morgan fingerprint density at radius 1 is 1.00 bits per heavy atom. The summed E-state index contributed by atoms with van der Waals surface area (Å²) in [5.74, 6) is 1.39. The molecule has 2 N–H and O–H groups in total. The maximum Gasteiger partial charge on any atom is 0.225 e. The third-order valence-electron chi connectivity index (χ3n) is 6.60. The van der Waals surface area contributed by atoms with Gasteiger partial charge in [-0.3, -0.25) is 9.79 Å². The highest BCUT2D eigenvalue weighted by Crippen LogP contribution is 2.27. The number of guanidine groups is 1. The monoisotopic (exact) mass is 448 g/mol. The van der Waals surface area contributed by atoms with E-state index < -0.39 is 0 Å². The molecule has 1 heterocycles. The summed E-state index contributed by atoms with van der Waals surface area (Å²) in [6.07, 6.45) is 5.49. The number of nitrogens with one attached hydrogen (secondary N) is 2. The van der Waals surface area contributed by atoms with E-state index in [0.29, 0.717) is 25.7 Å². The molecule has 2 fully saturated rings. The van der Waals surface area contributed by atoms with E-state index in [1.807, 2.05) is 23.1 Å². The van der Waals surface area contributed by atoms with Crippen molar-refractivity contribution in [2.24, 2.45) is 10.9 Å². The number of aliphatic imine (C=N–C) groups is 1. The van der Waals surface area contributed by atoms with Crippen LogP contribution in [0.5, 0.6) is 0 Å². The molecule has 2 aromatic rings. The molecule has 6 heteroatoms. The summed E-state index contributed by atoms with van der Waals surface area (Å²) in [7, 11) is 1.79. The molecular weight excluding hydrogens is 412 g/mol. The van der Waals surface area contributed by atoms with Gasteiger partial charge >= 0.3 is 0 Å². The molecule has 6 nitrogen and oxygen atoms in total. The summed E-state index contributed by atoms with van der Waals surface area (Å²) in [4.78, 5) is 19.1. The van der Waals surface area contributed by atoms with Crippen LogP contribution < -0.4 is 10.6 Å². The molecule has 1 atom stereocenters.